The Hall–Kier alpha value is -2.05. The first-order chi connectivity index (χ1) is 15.4. The van der Waals surface area contributed by atoms with E-state index in [9.17, 15) is 15.0 Å². The van der Waals surface area contributed by atoms with E-state index in [2.05, 4.69) is 11.8 Å². The molecule has 0 aromatic heterocycles. The van der Waals surface area contributed by atoms with Gasteiger partial charge in [-0.15, -0.1) is 0 Å². The molecule has 0 unspecified atom stereocenters. The van der Waals surface area contributed by atoms with Crippen molar-refractivity contribution in [3.63, 3.8) is 0 Å². The van der Waals surface area contributed by atoms with Crippen LogP contribution in [0.4, 0.5) is 0 Å². The molecule has 2 bridgehead atoms. The minimum absolute atomic E-state index is 0.0666. The summed E-state index contributed by atoms with van der Waals surface area (Å²) in [6, 6.07) is 4.97. The summed E-state index contributed by atoms with van der Waals surface area (Å²) in [5, 5.41) is 20.8. The van der Waals surface area contributed by atoms with Crippen LogP contribution in [0.2, 0.25) is 0 Å². The quantitative estimate of drug-likeness (QED) is 0.549. The minimum atomic E-state index is -0.342. The Morgan fingerprint density at radius 2 is 1.97 bits per heavy atom. The summed E-state index contributed by atoms with van der Waals surface area (Å²) in [7, 11) is 1.50. The van der Waals surface area contributed by atoms with E-state index >= 15 is 0 Å². The molecule has 6 heteroatoms. The molecule has 2 aliphatic carbocycles. The van der Waals surface area contributed by atoms with Gasteiger partial charge in [-0.05, 0) is 93.1 Å². The van der Waals surface area contributed by atoms with Crippen molar-refractivity contribution in [3.05, 3.63) is 29.8 Å². The topological polar surface area (TPSA) is 79.2 Å². The Balaban J connectivity index is 1.37. The van der Waals surface area contributed by atoms with Crippen molar-refractivity contribution in [1.29, 1.82) is 0 Å². The van der Waals surface area contributed by atoms with Crippen LogP contribution in [0.5, 0.6) is 11.5 Å². The monoisotopic (exact) mass is 441 g/mol. The smallest absolute Gasteiger partial charge is 0.331 e. The van der Waals surface area contributed by atoms with Gasteiger partial charge < -0.3 is 19.7 Å². The molecule has 6 nitrogen and oxygen atoms in total. The molecule has 5 rings (SSSR count). The number of aromatic hydroxyl groups is 1. The molecule has 2 saturated carbocycles. The maximum Gasteiger partial charge on any atom is 0.331 e. The summed E-state index contributed by atoms with van der Waals surface area (Å²) in [4.78, 5) is 15.5. The SMILES string of the molecule is COc1cc(/C=C/C(=O)O[C@@H]2C[C@@H]3[C@@H](O)[C@@H](C)C[C@]45[C@@H]3CCCN4CCC[C@H]25)ccc1O. The Morgan fingerprint density at radius 1 is 1.22 bits per heavy atom. The van der Waals surface area contributed by atoms with Crippen LogP contribution in [0.15, 0.2) is 24.3 Å². The predicted octanol–water partition coefficient (Wildman–Crippen LogP) is 3.61. The largest absolute Gasteiger partial charge is 0.504 e. The van der Waals surface area contributed by atoms with Crippen molar-refractivity contribution < 1.29 is 24.5 Å². The third-order valence-corrected chi connectivity index (χ3v) is 8.78. The zero-order valence-corrected chi connectivity index (χ0v) is 19.1. The fourth-order valence-electron chi connectivity index (χ4n) is 7.61. The number of ether oxygens (including phenoxy) is 2. The first-order valence-corrected chi connectivity index (χ1v) is 12.1. The zero-order chi connectivity index (χ0) is 22.5. The molecular formula is C26H35NO5. The first-order valence-electron chi connectivity index (χ1n) is 12.1. The average molecular weight is 442 g/mol. The van der Waals surface area contributed by atoms with E-state index < -0.39 is 0 Å². The van der Waals surface area contributed by atoms with Gasteiger partial charge in [0.1, 0.15) is 6.10 Å². The number of esters is 1. The number of piperidine rings is 2. The van der Waals surface area contributed by atoms with Crippen molar-refractivity contribution in [2.45, 2.75) is 63.2 Å². The number of phenols is 1. The summed E-state index contributed by atoms with van der Waals surface area (Å²) in [6.07, 6.45) is 9.12. The number of methoxy groups -OCH3 is 1. The van der Waals surface area contributed by atoms with Crippen molar-refractivity contribution in [2.75, 3.05) is 20.2 Å². The number of aliphatic hydroxyl groups excluding tert-OH is 1. The Labute approximate surface area is 190 Å². The molecule has 7 atom stereocenters. The lowest BCUT2D eigenvalue weighted by molar-refractivity contribution is -0.228. The lowest BCUT2D eigenvalue weighted by Gasteiger charge is -2.68. The van der Waals surface area contributed by atoms with Gasteiger partial charge in [0, 0.05) is 17.5 Å². The molecule has 1 aromatic carbocycles. The van der Waals surface area contributed by atoms with E-state index in [1.807, 2.05) is 0 Å². The van der Waals surface area contributed by atoms with Gasteiger partial charge in [-0.3, -0.25) is 4.90 Å². The third-order valence-electron chi connectivity index (χ3n) is 8.78. The standard InChI is InChI=1S/C26H35NO5/c1-16-15-26-19-5-3-11-27(26)12-4-6-20(26)22(14-18(19)25(16)30)32-24(29)10-8-17-7-9-21(28)23(13-17)31-2/h7-10,13,16,18-20,22,25,28,30H,3-6,11-12,14-15H2,1-2H3/b10-8+/t16-,18-,19+,20+,22+,25-,26+/m0/s1. The number of aliphatic hydroxyl groups is 1. The maximum atomic E-state index is 12.8. The van der Waals surface area contributed by atoms with Crippen LogP contribution in [0.25, 0.3) is 6.08 Å². The molecule has 2 heterocycles. The maximum absolute atomic E-state index is 12.8. The molecule has 0 amide bonds. The molecule has 174 valence electrons. The van der Waals surface area contributed by atoms with E-state index in [-0.39, 0.29) is 35.4 Å². The van der Waals surface area contributed by atoms with E-state index in [1.54, 1.807) is 24.3 Å². The highest BCUT2D eigenvalue weighted by atomic mass is 16.5. The predicted molar refractivity (Wildman–Crippen MR) is 121 cm³/mol. The summed E-state index contributed by atoms with van der Waals surface area (Å²) in [6.45, 7) is 4.46. The van der Waals surface area contributed by atoms with E-state index in [0.29, 0.717) is 23.5 Å². The highest BCUT2D eigenvalue weighted by Crippen LogP contribution is 2.60. The zero-order valence-electron chi connectivity index (χ0n) is 19.1. The van der Waals surface area contributed by atoms with Crippen LogP contribution >= 0.6 is 0 Å². The summed E-state index contributed by atoms with van der Waals surface area (Å²) >= 11 is 0. The molecule has 2 aliphatic heterocycles. The van der Waals surface area contributed by atoms with E-state index in [1.165, 1.54) is 26.0 Å². The van der Waals surface area contributed by atoms with Crippen LogP contribution < -0.4 is 4.74 Å². The van der Waals surface area contributed by atoms with Gasteiger partial charge in [0.15, 0.2) is 11.5 Å². The number of hydrogen-bond donors (Lipinski definition) is 2. The molecule has 4 fully saturated rings. The third kappa shape index (κ3) is 3.43. The highest BCUT2D eigenvalue weighted by Gasteiger charge is 2.65. The normalized spacial score (nSPS) is 38.8. The number of rotatable bonds is 4. The molecule has 1 spiro atoms. The van der Waals surface area contributed by atoms with Gasteiger partial charge in [-0.2, -0.15) is 0 Å². The van der Waals surface area contributed by atoms with Crippen molar-refractivity contribution in [2.24, 2.45) is 23.7 Å². The van der Waals surface area contributed by atoms with Gasteiger partial charge in [-0.1, -0.05) is 13.0 Å². The second-order valence-corrected chi connectivity index (χ2v) is 10.3. The molecule has 1 aromatic rings. The Morgan fingerprint density at radius 3 is 2.72 bits per heavy atom. The number of benzene rings is 1. The average Bonchev–Trinajstić information content (AvgIpc) is 2.79. The van der Waals surface area contributed by atoms with Gasteiger partial charge in [-0.25, -0.2) is 4.79 Å². The molecule has 32 heavy (non-hydrogen) atoms. The first kappa shape index (κ1) is 21.8. The Bertz CT molecular complexity index is 898. The van der Waals surface area contributed by atoms with Gasteiger partial charge in [0.05, 0.1) is 13.2 Å². The summed E-state index contributed by atoms with van der Waals surface area (Å²) in [5.41, 5.74) is 0.841. The summed E-state index contributed by atoms with van der Waals surface area (Å²) < 4.78 is 11.2. The van der Waals surface area contributed by atoms with E-state index in [0.717, 1.165) is 44.3 Å². The van der Waals surface area contributed by atoms with Crippen LogP contribution in [-0.2, 0) is 9.53 Å². The van der Waals surface area contributed by atoms with Crippen molar-refractivity contribution in [1.82, 2.24) is 4.90 Å². The Kier molecular flexibility index (Phi) is 5.70. The number of phenolic OH excluding ortho intramolecular Hbond substituents is 1. The molecule has 0 radical (unpaired) electrons. The fourth-order valence-corrected chi connectivity index (χ4v) is 7.61. The number of nitrogens with zero attached hydrogens (tertiary/aromatic N) is 1. The van der Waals surface area contributed by atoms with Gasteiger partial charge in [0.25, 0.3) is 0 Å². The van der Waals surface area contributed by atoms with Crippen LogP contribution in [-0.4, -0.2) is 59.0 Å². The lowest BCUT2D eigenvalue weighted by Crippen LogP contribution is -2.74. The molecule has 4 aliphatic rings. The van der Waals surface area contributed by atoms with Crippen molar-refractivity contribution >= 4 is 12.0 Å². The van der Waals surface area contributed by atoms with Gasteiger partial charge >= 0.3 is 5.97 Å². The number of hydrogen-bond acceptors (Lipinski definition) is 6. The van der Waals surface area contributed by atoms with Crippen molar-refractivity contribution in [3.8, 4) is 11.5 Å². The van der Waals surface area contributed by atoms with Crippen LogP contribution in [0.1, 0.15) is 51.0 Å². The second kappa shape index (κ2) is 8.38. The fraction of sp³-hybridized carbons (Fsp3) is 0.654. The van der Waals surface area contributed by atoms with E-state index in [4.69, 9.17) is 9.47 Å². The molecule has 2 saturated heterocycles. The van der Waals surface area contributed by atoms with Crippen LogP contribution in [0, 0.1) is 23.7 Å². The highest BCUT2D eigenvalue weighted by molar-refractivity contribution is 5.87. The molecule has 2 N–H and O–H groups in total. The molecular weight excluding hydrogens is 406 g/mol. The van der Waals surface area contributed by atoms with Crippen LogP contribution in [0.3, 0.4) is 0 Å². The second-order valence-electron chi connectivity index (χ2n) is 10.3. The summed E-state index contributed by atoms with van der Waals surface area (Å²) in [5.74, 6) is 1.45. The van der Waals surface area contributed by atoms with Gasteiger partial charge in [0.2, 0.25) is 0 Å². The lowest BCUT2D eigenvalue weighted by atomic mass is 9.47. The number of carbonyl (C=O) groups excluding carboxylic acids is 1. The minimum Gasteiger partial charge on any atom is -0.504 e. The number of carbonyl (C=O) groups is 1.